The SMILES string of the molecule is Cn1ncnc1C1COCCN1C(=O)c1n[nH]c2c1CCCC2. The fourth-order valence-corrected chi connectivity index (χ4v) is 3.46. The summed E-state index contributed by atoms with van der Waals surface area (Å²) in [7, 11) is 1.83. The number of nitrogens with one attached hydrogen (secondary N) is 1. The number of hydrogen-bond acceptors (Lipinski definition) is 5. The average molecular weight is 316 g/mol. The molecule has 1 aliphatic carbocycles. The van der Waals surface area contributed by atoms with Gasteiger partial charge in [0.15, 0.2) is 11.5 Å². The Balaban J connectivity index is 1.66. The van der Waals surface area contributed by atoms with Crippen LogP contribution in [0.4, 0.5) is 0 Å². The molecule has 0 saturated carbocycles. The number of amides is 1. The van der Waals surface area contributed by atoms with E-state index in [9.17, 15) is 4.79 Å². The van der Waals surface area contributed by atoms with Crippen molar-refractivity contribution in [3.8, 4) is 0 Å². The van der Waals surface area contributed by atoms with Gasteiger partial charge in [-0.3, -0.25) is 14.6 Å². The van der Waals surface area contributed by atoms with Gasteiger partial charge in [0, 0.05) is 24.8 Å². The summed E-state index contributed by atoms with van der Waals surface area (Å²) in [5, 5.41) is 11.5. The molecule has 0 radical (unpaired) electrons. The molecule has 3 heterocycles. The Bertz CT molecular complexity index is 721. The van der Waals surface area contributed by atoms with Crippen molar-refractivity contribution in [2.75, 3.05) is 19.8 Å². The zero-order chi connectivity index (χ0) is 15.8. The summed E-state index contributed by atoms with van der Waals surface area (Å²) in [6, 6.07) is -0.223. The van der Waals surface area contributed by atoms with Gasteiger partial charge in [0.25, 0.3) is 5.91 Å². The molecule has 1 fully saturated rings. The van der Waals surface area contributed by atoms with Gasteiger partial charge < -0.3 is 9.64 Å². The van der Waals surface area contributed by atoms with Crippen LogP contribution >= 0.6 is 0 Å². The summed E-state index contributed by atoms with van der Waals surface area (Å²) in [5.41, 5.74) is 2.77. The maximum atomic E-state index is 13.1. The molecule has 1 aliphatic heterocycles. The van der Waals surface area contributed by atoms with Crippen LogP contribution in [0.5, 0.6) is 0 Å². The summed E-state index contributed by atoms with van der Waals surface area (Å²) >= 11 is 0. The van der Waals surface area contributed by atoms with Gasteiger partial charge in [-0.15, -0.1) is 0 Å². The molecule has 2 aromatic rings. The Morgan fingerprint density at radius 2 is 2.26 bits per heavy atom. The third-order valence-corrected chi connectivity index (χ3v) is 4.69. The van der Waals surface area contributed by atoms with E-state index in [1.807, 2.05) is 11.9 Å². The summed E-state index contributed by atoms with van der Waals surface area (Å²) in [4.78, 5) is 19.2. The van der Waals surface area contributed by atoms with Gasteiger partial charge in [-0.1, -0.05) is 0 Å². The van der Waals surface area contributed by atoms with Crippen LogP contribution in [0.1, 0.15) is 46.5 Å². The van der Waals surface area contributed by atoms with Crippen LogP contribution in [0.2, 0.25) is 0 Å². The Morgan fingerprint density at radius 1 is 1.39 bits per heavy atom. The van der Waals surface area contributed by atoms with E-state index in [1.54, 1.807) is 4.68 Å². The van der Waals surface area contributed by atoms with E-state index in [1.165, 1.54) is 6.33 Å². The lowest BCUT2D eigenvalue weighted by Crippen LogP contribution is -2.44. The lowest BCUT2D eigenvalue weighted by molar-refractivity contribution is -0.00655. The Hall–Kier alpha value is -2.22. The van der Waals surface area contributed by atoms with E-state index in [-0.39, 0.29) is 11.9 Å². The molecule has 1 saturated heterocycles. The first-order chi connectivity index (χ1) is 11.3. The molecule has 8 heteroatoms. The van der Waals surface area contributed by atoms with Crippen LogP contribution in [0.25, 0.3) is 0 Å². The molecule has 0 aromatic carbocycles. The zero-order valence-electron chi connectivity index (χ0n) is 13.2. The van der Waals surface area contributed by atoms with Crippen LogP contribution in [0.3, 0.4) is 0 Å². The number of hydrogen-bond donors (Lipinski definition) is 1. The summed E-state index contributed by atoms with van der Waals surface area (Å²) in [5.74, 6) is 0.697. The average Bonchev–Trinajstić information content (AvgIpc) is 3.20. The lowest BCUT2D eigenvalue weighted by atomic mass is 9.95. The quantitative estimate of drug-likeness (QED) is 0.878. The smallest absolute Gasteiger partial charge is 0.275 e. The van der Waals surface area contributed by atoms with E-state index in [0.717, 1.165) is 42.8 Å². The molecule has 1 N–H and O–H groups in total. The monoisotopic (exact) mass is 316 g/mol. The predicted molar refractivity (Wildman–Crippen MR) is 80.8 cm³/mol. The Labute approximate surface area is 133 Å². The molecular formula is C15H20N6O2. The number of carbonyl (C=O) groups excluding carboxylic acids is 1. The van der Waals surface area contributed by atoms with Crippen molar-refractivity contribution in [1.29, 1.82) is 0 Å². The van der Waals surface area contributed by atoms with E-state index in [0.29, 0.717) is 25.5 Å². The normalized spacial score (nSPS) is 21.3. The van der Waals surface area contributed by atoms with E-state index < -0.39 is 0 Å². The standard InChI is InChI=1S/C15H20N6O2/c1-20-14(16-9-17-20)12-8-23-7-6-21(12)15(22)13-10-4-2-3-5-11(10)18-19-13/h9,12H,2-8H2,1H3,(H,18,19). The highest BCUT2D eigenvalue weighted by molar-refractivity contribution is 5.94. The first kappa shape index (κ1) is 14.4. The molecule has 2 aromatic heterocycles. The van der Waals surface area contributed by atoms with Crippen LogP contribution in [-0.2, 0) is 24.6 Å². The molecule has 0 bridgehead atoms. The molecule has 8 nitrogen and oxygen atoms in total. The number of H-pyrrole nitrogens is 1. The lowest BCUT2D eigenvalue weighted by Gasteiger charge is -2.34. The van der Waals surface area contributed by atoms with Crippen molar-refractivity contribution >= 4 is 5.91 Å². The zero-order valence-corrected chi connectivity index (χ0v) is 13.2. The van der Waals surface area contributed by atoms with Gasteiger partial charge in [0.05, 0.1) is 13.2 Å². The van der Waals surface area contributed by atoms with Crippen molar-refractivity contribution in [1.82, 2.24) is 29.9 Å². The summed E-state index contributed by atoms with van der Waals surface area (Å²) < 4.78 is 7.26. The topological polar surface area (TPSA) is 88.9 Å². The second-order valence-corrected chi connectivity index (χ2v) is 6.07. The number of aryl methyl sites for hydroxylation is 2. The fourth-order valence-electron chi connectivity index (χ4n) is 3.46. The summed E-state index contributed by atoms with van der Waals surface area (Å²) in [6.07, 6.45) is 5.67. The third-order valence-electron chi connectivity index (χ3n) is 4.69. The number of aromatic nitrogens is 5. The Morgan fingerprint density at radius 3 is 3.09 bits per heavy atom. The van der Waals surface area contributed by atoms with Crippen molar-refractivity contribution < 1.29 is 9.53 Å². The van der Waals surface area contributed by atoms with Gasteiger partial charge in [-0.05, 0) is 25.7 Å². The first-order valence-corrected chi connectivity index (χ1v) is 8.04. The van der Waals surface area contributed by atoms with Crippen LogP contribution in [0, 0.1) is 0 Å². The van der Waals surface area contributed by atoms with Crippen molar-refractivity contribution in [3.05, 3.63) is 29.1 Å². The van der Waals surface area contributed by atoms with Crippen LogP contribution < -0.4 is 0 Å². The van der Waals surface area contributed by atoms with Crippen molar-refractivity contribution in [2.24, 2.45) is 7.05 Å². The number of nitrogens with zero attached hydrogens (tertiary/aromatic N) is 5. The van der Waals surface area contributed by atoms with E-state index in [4.69, 9.17) is 4.74 Å². The molecule has 23 heavy (non-hydrogen) atoms. The Kier molecular flexibility index (Phi) is 3.60. The number of aromatic amines is 1. The third kappa shape index (κ3) is 2.42. The highest BCUT2D eigenvalue weighted by atomic mass is 16.5. The van der Waals surface area contributed by atoms with E-state index in [2.05, 4.69) is 20.3 Å². The number of fused-ring (bicyclic) bond motifs is 1. The first-order valence-electron chi connectivity index (χ1n) is 8.04. The summed E-state index contributed by atoms with van der Waals surface area (Å²) in [6.45, 7) is 1.51. The second kappa shape index (κ2) is 5.77. The van der Waals surface area contributed by atoms with Gasteiger partial charge >= 0.3 is 0 Å². The number of morpholine rings is 1. The van der Waals surface area contributed by atoms with Gasteiger partial charge in [0.1, 0.15) is 12.4 Å². The minimum atomic E-state index is -0.223. The second-order valence-electron chi connectivity index (χ2n) is 6.07. The largest absolute Gasteiger partial charge is 0.377 e. The molecule has 1 amide bonds. The molecule has 1 atom stereocenters. The van der Waals surface area contributed by atoms with Crippen molar-refractivity contribution in [3.63, 3.8) is 0 Å². The van der Waals surface area contributed by atoms with Gasteiger partial charge in [-0.2, -0.15) is 10.2 Å². The molecular weight excluding hydrogens is 296 g/mol. The molecule has 4 rings (SSSR count). The van der Waals surface area contributed by atoms with Crippen molar-refractivity contribution in [2.45, 2.75) is 31.7 Å². The maximum Gasteiger partial charge on any atom is 0.275 e. The molecule has 122 valence electrons. The van der Waals surface area contributed by atoms with Gasteiger partial charge in [0.2, 0.25) is 0 Å². The van der Waals surface area contributed by atoms with Crippen LogP contribution in [-0.4, -0.2) is 55.5 Å². The number of carbonyl (C=O) groups is 1. The molecule has 1 unspecified atom stereocenters. The predicted octanol–water partition coefficient (Wildman–Crippen LogP) is 0.631. The highest BCUT2D eigenvalue weighted by Gasteiger charge is 2.35. The minimum absolute atomic E-state index is 0.0410. The van der Waals surface area contributed by atoms with E-state index >= 15 is 0 Å². The number of ether oxygens (including phenoxy) is 1. The minimum Gasteiger partial charge on any atom is -0.377 e. The maximum absolute atomic E-state index is 13.1. The fraction of sp³-hybridized carbons (Fsp3) is 0.600. The molecule has 0 spiro atoms. The highest BCUT2D eigenvalue weighted by Crippen LogP contribution is 2.27. The molecule has 2 aliphatic rings. The van der Waals surface area contributed by atoms with Crippen LogP contribution in [0.15, 0.2) is 6.33 Å². The van der Waals surface area contributed by atoms with Gasteiger partial charge in [-0.25, -0.2) is 4.98 Å². The number of rotatable bonds is 2.